The van der Waals surface area contributed by atoms with E-state index in [4.69, 9.17) is 0 Å². The number of H-pyrrole nitrogens is 1. The standard InChI is InChI=1S/C19H15N3O2S/c1-25(23,24)19-20-18(21-22-19)15-11-9-14(10-12-15)17-8-4-6-13-5-2-3-7-16(13)17/h2-12H,1H3,(H,20,21,22). The first-order valence-electron chi connectivity index (χ1n) is 7.73. The summed E-state index contributed by atoms with van der Waals surface area (Å²) in [5.74, 6) is 0.366. The third-order valence-corrected chi connectivity index (χ3v) is 4.94. The summed E-state index contributed by atoms with van der Waals surface area (Å²) in [6, 6.07) is 22.2. The van der Waals surface area contributed by atoms with E-state index in [9.17, 15) is 8.42 Å². The molecule has 0 amide bonds. The normalized spacial score (nSPS) is 11.7. The van der Waals surface area contributed by atoms with Crippen molar-refractivity contribution in [2.45, 2.75) is 5.16 Å². The third kappa shape index (κ3) is 2.92. The molecular formula is C19H15N3O2S. The Bertz CT molecular complexity index is 1160. The van der Waals surface area contributed by atoms with Crippen molar-refractivity contribution < 1.29 is 8.42 Å². The van der Waals surface area contributed by atoms with Gasteiger partial charge in [0.2, 0.25) is 15.0 Å². The zero-order valence-corrected chi connectivity index (χ0v) is 14.3. The van der Waals surface area contributed by atoms with Crippen molar-refractivity contribution in [3.63, 3.8) is 0 Å². The molecule has 0 bridgehead atoms. The average Bonchev–Trinajstić information content (AvgIpc) is 3.12. The number of fused-ring (bicyclic) bond motifs is 1. The van der Waals surface area contributed by atoms with Gasteiger partial charge >= 0.3 is 0 Å². The predicted molar refractivity (Wildman–Crippen MR) is 97.9 cm³/mol. The molecule has 0 atom stereocenters. The molecule has 0 aliphatic carbocycles. The molecule has 0 saturated carbocycles. The molecule has 124 valence electrons. The van der Waals surface area contributed by atoms with Crippen molar-refractivity contribution in [3.8, 4) is 22.5 Å². The van der Waals surface area contributed by atoms with Crippen LogP contribution in [0.15, 0.2) is 71.9 Å². The second-order valence-electron chi connectivity index (χ2n) is 5.84. The minimum absolute atomic E-state index is 0.124. The van der Waals surface area contributed by atoms with Gasteiger partial charge in [-0.25, -0.2) is 13.5 Å². The van der Waals surface area contributed by atoms with E-state index < -0.39 is 9.84 Å². The van der Waals surface area contributed by atoms with Gasteiger partial charge in [0, 0.05) is 11.8 Å². The lowest BCUT2D eigenvalue weighted by Gasteiger charge is -2.07. The molecule has 0 radical (unpaired) electrons. The Morgan fingerprint density at radius 3 is 2.24 bits per heavy atom. The monoisotopic (exact) mass is 349 g/mol. The van der Waals surface area contributed by atoms with Crippen molar-refractivity contribution in [1.82, 2.24) is 15.2 Å². The molecule has 25 heavy (non-hydrogen) atoms. The van der Waals surface area contributed by atoms with Crippen LogP contribution in [-0.2, 0) is 9.84 Å². The molecule has 0 unspecified atom stereocenters. The molecule has 6 heteroatoms. The number of sulfone groups is 1. The Morgan fingerprint density at radius 2 is 1.52 bits per heavy atom. The zero-order chi connectivity index (χ0) is 17.4. The smallest absolute Gasteiger partial charge is 0.243 e. The van der Waals surface area contributed by atoms with Gasteiger partial charge in [-0.1, -0.05) is 66.7 Å². The molecular weight excluding hydrogens is 334 g/mol. The summed E-state index contributed by atoms with van der Waals surface area (Å²) in [5, 5.41) is 8.71. The first-order chi connectivity index (χ1) is 12.0. The van der Waals surface area contributed by atoms with Crippen LogP contribution in [0.5, 0.6) is 0 Å². The van der Waals surface area contributed by atoms with Crippen LogP contribution in [-0.4, -0.2) is 29.9 Å². The highest BCUT2D eigenvalue weighted by Gasteiger charge is 2.14. The molecule has 0 saturated heterocycles. The van der Waals surface area contributed by atoms with E-state index in [-0.39, 0.29) is 5.16 Å². The van der Waals surface area contributed by atoms with Crippen LogP contribution >= 0.6 is 0 Å². The summed E-state index contributed by atoms with van der Waals surface area (Å²) < 4.78 is 23.0. The fourth-order valence-electron chi connectivity index (χ4n) is 2.82. The van der Waals surface area contributed by atoms with E-state index in [0.29, 0.717) is 5.82 Å². The van der Waals surface area contributed by atoms with Crippen LogP contribution < -0.4 is 0 Å². The van der Waals surface area contributed by atoms with Gasteiger partial charge in [0.1, 0.15) is 0 Å². The lowest BCUT2D eigenvalue weighted by molar-refractivity contribution is 0.594. The summed E-state index contributed by atoms with van der Waals surface area (Å²) >= 11 is 0. The minimum Gasteiger partial charge on any atom is -0.249 e. The van der Waals surface area contributed by atoms with Crippen molar-refractivity contribution in [2.24, 2.45) is 0 Å². The lowest BCUT2D eigenvalue weighted by Crippen LogP contribution is -1.99. The number of hydrogen-bond donors (Lipinski definition) is 1. The van der Waals surface area contributed by atoms with Gasteiger partial charge < -0.3 is 0 Å². The summed E-state index contributed by atoms with van der Waals surface area (Å²) in [5.41, 5.74) is 2.99. The Kier molecular flexibility index (Phi) is 3.62. The lowest BCUT2D eigenvalue weighted by atomic mass is 9.97. The molecule has 4 rings (SSSR count). The van der Waals surface area contributed by atoms with Gasteiger partial charge in [0.25, 0.3) is 0 Å². The van der Waals surface area contributed by atoms with Crippen LogP contribution in [0, 0.1) is 0 Å². The molecule has 3 aromatic carbocycles. The number of nitrogens with zero attached hydrogens (tertiary/aromatic N) is 2. The number of nitrogens with one attached hydrogen (secondary N) is 1. The van der Waals surface area contributed by atoms with E-state index in [1.165, 1.54) is 10.8 Å². The van der Waals surface area contributed by atoms with Gasteiger partial charge in [0.15, 0.2) is 5.82 Å². The second-order valence-corrected chi connectivity index (χ2v) is 7.77. The number of rotatable bonds is 3. The van der Waals surface area contributed by atoms with Gasteiger partial charge in [-0.05, 0) is 21.9 Å². The molecule has 4 aromatic rings. The average molecular weight is 349 g/mol. The third-order valence-electron chi connectivity index (χ3n) is 4.06. The molecule has 1 N–H and O–H groups in total. The molecule has 0 spiro atoms. The summed E-state index contributed by atoms with van der Waals surface area (Å²) in [7, 11) is -3.39. The first-order valence-corrected chi connectivity index (χ1v) is 9.62. The quantitative estimate of drug-likeness (QED) is 0.612. The van der Waals surface area contributed by atoms with Gasteiger partial charge in [0.05, 0.1) is 0 Å². The van der Waals surface area contributed by atoms with Crippen LogP contribution in [0.4, 0.5) is 0 Å². The van der Waals surface area contributed by atoms with Crippen LogP contribution in [0.1, 0.15) is 0 Å². The summed E-state index contributed by atoms with van der Waals surface area (Å²) in [6.45, 7) is 0. The van der Waals surface area contributed by atoms with E-state index in [1.807, 2.05) is 42.5 Å². The summed E-state index contributed by atoms with van der Waals surface area (Å²) in [6.07, 6.45) is 1.10. The summed E-state index contributed by atoms with van der Waals surface area (Å²) in [4.78, 5) is 4.05. The number of aromatic nitrogens is 3. The number of aromatic amines is 1. The molecule has 0 aliphatic rings. The van der Waals surface area contributed by atoms with Crippen molar-refractivity contribution >= 4 is 20.6 Å². The SMILES string of the molecule is CS(=O)(=O)c1nc(-c2ccc(-c3cccc4ccccc34)cc2)n[nH]1. The highest BCUT2D eigenvalue weighted by atomic mass is 32.2. The largest absolute Gasteiger partial charge is 0.249 e. The Morgan fingerprint density at radius 1 is 0.840 bits per heavy atom. The van der Waals surface area contributed by atoms with Crippen LogP contribution in [0.25, 0.3) is 33.3 Å². The maximum Gasteiger partial charge on any atom is 0.243 e. The zero-order valence-electron chi connectivity index (χ0n) is 13.5. The Hall–Kier alpha value is -2.99. The number of hydrogen-bond acceptors (Lipinski definition) is 4. The first kappa shape index (κ1) is 15.5. The fraction of sp³-hybridized carbons (Fsp3) is 0.0526. The van der Waals surface area contributed by atoms with Crippen molar-refractivity contribution in [1.29, 1.82) is 0 Å². The maximum atomic E-state index is 11.5. The van der Waals surface area contributed by atoms with Crippen LogP contribution in [0.2, 0.25) is 0 Å². The fourth-order valence-corrected chi connectivity index (χ4v) is 3.28. The van der Waals surface area contributed by atoms with E-state index in [0.717, 1.165) is 22.9 Å². The van der Waals surface area contributed by atoms with Crippen LogP contribution in [0.3, 0.4) is 0 Å². The second kappa shape index (κ2) is 5.82. The van der Waals surface area contributed by atoms with Crippen molar-refractivity contribution in [2.75, 3.05) is 6.26 Å². The van der Waals surface area contributed by atoms with E-state index in [2.05, 4.69) is 39.4 Å². The predicted octanol–water partition coefficient (Wildman–Crippen LogP) is 3.70. The topological polar surface area (TPSA) is 75.7 Å². The minimum atomic E-state index is -3.39. The van der Waals surface area contributed by atoms with E-state index >= 15 is 0 Å². The highest BCUT2D eigenvalue weighted by Crippen LogP contribution is 2.29. The highest BCUT2D eigenvalue weighted by molar-refractivity contribution is 7.90. The molecule has 0 fully saturated rings. The van der Waals surface area contributed by atoms with Crippen molar-refractivity contribution in [3.05, 3.63) is 66.7 Å². The number of benzene rings is 3. The molecule has 5 nitrogen and oxygen atoms in total. The van der Waals surface area contributed by atoms with Gasteiger partial charge in [-0.15, -0.1) is 0 Å². The molecule has 1 aromatic heterocycles. The van der Waals surface area contributed by atoms with Gasteiger partial charge in [-0.2, -0.15) is 10.1 Å². The maximum absolute atomic E-state index is 11.5. The Labute approximate surface area is 145 Å². The van der Waals surface area contributed by atoms with E-state index in [1.54, 1.807) is 0 Å². The Balaban J connectivity index is 1.74. The molecule has 0 aliphatic heterocycles. The molecule has 1 heterocycles. The van der Waals surface area contributed by atoms with Gasteiger partial charge in [-0.3, -0.25) is 0 Å².